The minimum Gasteiger partial charge on any atom is -0.378 e. The second kappa shape index (κ2) is 6.66. The quantitative estimate of drug-likeness (QED) is 0.580. The lowest BCUT2D eigenvalue weighted by Crippen LogP contribution is -2.35. The molecule has 1 aromatic carbocycles. The number of hydrazone groups is 1. The van der Waals surface area contributed by atoms with Crippen LogP contribution in [0.5, 0.6) is 0 Å². The van der Waals surface area contributed by atoms with Crippen molar-refractivity contribution in [2.45, 2.75) is 0 Å². The van der Waals surface area contributed by atoms with Crippen LogP contribution in [-0.4, -0.2) is 37.5 Å². The molecule has 0 amide bonds. The van der Waals surface area contributed by atoms with Gasteiger partial charge in [-0.05, 0) is 24.3 Å². The van der Waals surface area contributed by atoms with E-state index >= 15 is 0 Å². The van der Waals surface area contributed by atoms with Crippen molar-refractivity contribution in [1.29, 1.82) is 0 Å². The van der Waals surface area contributed by atoms with Crippen molar-refractivity contribution in [3.63, 3.8) is 0 Å². The number of anilines is 2. The molecule has 1 N–H and O–H groups in total. The number of hydrogen-bond acceptors (Lipinski definition) is 7. The van der Waals surface area contributed by atoms with Crippen LogP contribution in [-0.2, 0) is 4.74 Å². The van der Waals surface area contributed by atoms with Gasteiger partial charge in [0.25, 0.3) is 0 Å². The van der Waals surface area contributed by atoms with Crippen molar-refractivity contribution in [1.82, 2.24) is 4.98 Å². The zero-order chi connectivity index (χ0) is 15.5. The van der Waals surface area contributed by atoms with E-state index in [2.05, 4.69) is 38.6 Å². The van der Waals surface area contributed by atoms with Crippen LogP contribution in [0.1, 0.15) is 4.88 Å². The van der Waals surface area contributed by atoms with Gasteiger partial charge in [-0.3, -0.25) is 5.43 Å². The molecule has 23 heavy (non-hydrogen) atoms. The Morgan fingerprint density at radius 1 is 1.13 bits per heavy atom. The van der Waals surface area contributed by atoms with Crippen LogP contribution in [0.15, 0.2) is 41.5 Å². The number of thiazole rings is 1. The topological polar surface area (TPSA) is 49.8 Å². The fourth-order valence-electron chi connectivity index (χ4n) is 2.44. The minimum absolute atomic E-state index is 0.806. The molecular formula is C16H16N4OS2. The van der Waals surface area contributed by atoms with Crippen molar-refractivity contribution in [2.24, 2.45) is 5.10 Å². The lowest BCUT2D eigenvalue weighted by molar-refractivity contribution is 0.123. The van der Waals surface area contributed by atoms with E-state index in [0.29, 0.717) is 0 Å². The number of rotatable bonds is 4. The Morgan fingerprint density at radius 2 is 2.00 bits per heavy atom. The third kappa shape index (κ3) is 3.36. The highest BCUT2D eigenvalue weighted by molar-refractivity contribution is 7.22. The first-order chi connectivity index (χ1) is 11.4. The number of para-hydroxylation sites is 1. The van der Waals surface area contributed by atoms with Crippen molar-refractivity contribution in [3.05, 3.63) is 41.3 Å². The predicted octanol–water partition coefficient (Wildman–Crippen LogP) is 3.64. The number of thiophene rings is 1. The average Bonchev–Trinajstić information content (AvgIpc) is 3.22. The molecular weight excluding hydrogens is 328 g/mol. The summed E-state index contributed by atoms with van der Waals surface area (Å²) in [7, 11) is 0. The van der Waals surface area contributed by atoms with Crippen LogP contribution in [0, 0.1) is 0 Å². The summed E-state index contributed by atoms with van der Waals surface area (Å²) in [4.78, 5) is 7.98. The molecule has 0 unspecified atom stereocenters. The lowest BCUT2D eigenvalue weighted by Gasteiger charge is -2.27. The Bertz CT molecular complexity index is 787. The highest BCUT2D eigenvalue weighted by atomic mass is 32.1. The number of aromatic nitrogens is 1. The Kier molecular flexibility index (Phi) is 4.23. The predicted molar refractivity (Wildman–Crippen MR) is 98.2 cm³/mol. The molecule has 0 spiro atoms. The first kappa shape index (κ1) is 14.6. The van der Waals surface area contributed by atoms with Crippen molar-refractivity contribution in [2.75, 3.05) is 36.6 Å². The Morgan fingerprint density at radius 3 is 2.87 bits per heavy atom. The van der Waals surface area contributed by atoms with E-state index in [-0.39, 0.29) is 0 Å². The molecule has 0 atom stereocenters. The van der Waals surface area contributed by atoms with Gasteiger partial charge in [0.15, 0.2) is 0 Å². The van der Waals surface area contributed by atoms with E-state index in [4.69, 9.17) is 4.74 Å². The molecule has 4 rings (SSSR count). The number of fused-ring (bicyclic) bond motifs is 1. The molecule has 3 aromatic rings. The first-order valence-electron chi connectivity index (χ1n) is 7.46. The lowest BCUT2D eigenvalue weighted by atomic mass is 10.3. The van der Waals surface area contributed by atoms with Crippen molar-refractivity contribution in [3.8, 4) is 0 Å². The highest BCUT2D eigenvalue weighted by Crippen LogP contribution is 2.27. The first-order valence-corrected chi connectivity index (χ1v) is 9.09. The van der Waals surface area contributed by atoms with Gasteiger partial charge in [0.1, 0.15) is 0 Å². The van der Waals surface area contributed by atoms with E-state index in [0.717, 1.165) is 46.5 Å². The van der Waals surface area contributed by atoms with E-state index in [1.54, 1.807) is 22.7 Å². The second-order valence-corrected chi connectivity index (χ2v) is 7.26. The molecule has 3 heterocycles. The third-order valence-electron chi connectivity index (χ3n) is 3.58. The van der Waals surface area contributed by atoms with Crippen LogP contribution >= 0.6 is 22.7 Å². The van der Waals surface area contributed by atoms with E-state index < -0.39 is 0 Å². The maximum Gasteiger partial charge on any atom is 0.204 e. The number of benzene rings is 1. The summed E-state index contributed by atoms with van der Waals surface area (Å²) in [6.45, 7) is 3.53. The average molecular weight is 344 g/mol. The molecule has 2 aromatic heterocycles. The molecule has 1 saturated heterocycles. The molecule has 118 valence electrons. The van der Waals surface area contributed by atoms with Gasteiger partial charge in [-0.1, -0.05) is 23.5 Å². The van der Waals surface area contributed by atoms with Crippen LogP contribution in [0.4, 0.5) is 10.1 Å². The van der Waals surface area contributed by atoms with Gasteiger partial charge in [-0.15, -0.1) is 11.3 Å². The summed E-state index contributed by atoms with van der Waals surface area (Å²) >= 11 is 3.35. The van der Waals surface area contributed by atoms with Gasteiger partial charge in [-0.25, -0.2) is 4.98 Å². The highest BCUT2D eigenvalue weighted by Gasteiger charge is 2.12. The molecule has 7 heteroatoms. The monoisotopic (exact) mass is 344 g/mol. The SMILES string of the molecule is C(=N/Nc1nc2ccccc2s1)/c1ccc(N2CCOCC2)s1. The zero-order valence-electron chi connectivity index (χ0n) is 12.4. The van der Waals surface area contributed by atoms with Crippen LogP contribution in [0.3, 0.4) is 0 Å². The van der Waals surface area contributed by atoms with Gasteiger partial charge in [-0.2, -0.15) is 5.10 Å². The number of morpholine rings is 1. The van der Waals surface area contributed by atoms with Crippen molar-refractivity contribution < 1.29 is 4.74 Å². The van der Waals surface area contributed by atoms with Gasteiger partial charge in [0, 0.05) is 18.0 Å². The van der Waals surface area contributed by atoms with E-state index in [9.17, 15) is 0 Å². The molecule has 0 radical (unpaired) electrons. The molecule has 1 fully saturated rings. The van der Waals surface area contributed by atoms with Gasteiger partial charge < -0.3 is 9.64 Å². The van der Waals surface area contributed by atoms with Gasteiger partial charge in [0.05, 0.1) is 34.6 Å². The molecule has 1 aliphatic heterocycles. The number of nitrogens with zero attached hydrogens (tertiary/aromatic N) is 3. The Labute approximate surface area is 142 Å². The zero-order valence-corrected chi connectivity index (χ0v) is 14.1. The van der Waals surface area contributed by atoms with E-state index in [1.807, 2.05) is 24.4 Å². The Balaban J connectivity index is 1.41. The largest absolute Gasteiger partial charge is 0.378 e. The summed E-state index contributed by atoms with van der Waals surface area (Å²) < 4.78 is 6.55. The summed E-state index contributed by atoms with van der Waals surface area (Å²) in [5, 5.41) is 6.39. The van der Waals surface area contributed by atoms with Crippen LogP contribution < -0.4 is 10.3 Å². The third-order valence-corrected chi connectivity index (χ3v) is 5.60. The summed E-state index contributed by atoms with van der Waals surface area (Å²) in [5.74, 6) is 0. The van der Waals surface area contributed by atoms with Crippen molar-refractivity contribution >= 4 is 49.2 Å². The summed E-state index contributed by atoms with van der Waals surface area (Å²) in [6, 6.07) is 12.3. The number of hydrogen-bond donors (Lipinski definition) is 1. The summed E-state index contributed by atoms with van der Waals surface area (Å²) in [6.07, 6.45) is 1.85. The number of ether oxygens (including phenoxy) is 1. The standard InChI is InChI=1S/C16H16N4OS2/c1-2-4-14-13(3-1)18-16(23-14)19-17-11-12-5-6-15(22-12)20-7-9-21-10-8-20/h1-6,11H,7-10H2,(H,18,19)/b17-11-. The molecule has 0 aliphatic carbocycles. The minimum atomic E-state index is 0.806. The maximum absolute atomic E-state index is 5.39. The summed E-state index contributed by atoms with van der Waals surface area (Å²) in [5.41, 5.74) is 4.02. The normalized spacial score (nSPS) is 15.6. The van der Waals surface area contributed by atoms with Crippen LogP contribution in [0.25, 0.3) is 10.2 Å². The maximum atomic E-state index is 5.39. The second-order valence-electron chi connectivity index (χ2n) is 5.13. The molecule has 0 saturated carbocycles. The molecule has 0 bridgehead atoms. The van der Waals surface area contributed by atoms with Gasteiger partial charge >= 0.3 is 0 Å². The van der Waals surface area contributed by atoms with E-state index in [1.165, 1.54) is 5.00 Å². The smallest absolute Gasteiger partial charge is 0.204 e. The Hall–Kier alpha value is -1.96. The van der Waals surface area contributed by atoms with Crippen LogP contribution in [0.2, 0.25) is 0 Å². The molecule has 5 nitrogen and oxygen atoms in total. The number of nitrogens with one attached hydrogen (secondary N) is 1. The molecule has 1 aliphatic rings. The fraction of sp³-hybridized carbons (Fsp3) is 0.250. The van der Waals surface area contributed by atoms with Gasteiger partial charge in [0.2, 0.25) is 5.13 Å². The fourth-order valence-corrected chi connectivity index (χ4v) is 4.18.